The van der Waals surface area contributed by atoms with Gasteiger partial charge in [0.1, 0.15) is 4.90 Å². The summed E-state index contributed by atoms with van der Waals surface area (Å²) in [5.41, 5.74) is 0.562. The predicted octanol–water partition coefficient (Wildman–Crippen LogP) is 0.170. The quantitative estimate of drug-likeness (QED) is 0.734. The van der Waals surface area contributed by atoms with Crippen molar-refractivity contribution in [3.05, 3.63) is 11.9 Å². The van der Waals surface area contributed by atoms with Gasteiger partial charge in [-0.05, 0) is 26.3 Å². The summed E-state index contributed by atoms with van der Waals surface area (Å²) >= 11 is 0. The SMILES string of the molecule is Cc1[nH]ncc1S(=O)(=O)NCC1CCCN1.Cl. The van der Waals surface area contributed by atoms with E-state index in [9.17, 15) is 8.42 Å². The van der Waals surface area contributed by atoms with Gasteiger partial charge in [0, 0.05) is 12.6 Å². The van der Waals surface area contributed by atoms with Gasteiger partial charge in [-0.15, -0.1) is 12.4 Å². The van der Waals surface area contributed by atoms with Gasteiger partial charge in [-0.3, -0.25) is 5.10 Å². The van der Waals surface area contributed by atoms with E-state index in [0.29, 0.717) is 12.2 Å². The molecular weight excluding hydrogens is 264 g/mol. The number of nitrogens with zero attached hydrogens (tertiary/aromatic N) is 1. The van der Waals surface area contributed by atoms with Crippen molar-refractivity contribution in [1.82, 2.24) is 20.2 Å². The molecule has 6 nitrogen and oxygen atoms in total. The molecule has 1 aromatic heterocycles. The second-order valence-electron chi connectivity index (χ2n) is 4.00. The van der Waals surface area contributed by atoms with Crippen LogP contribution in [-0.4, -0.2) is 37.7 Å². The van der Waals surface area contributed by atoms with Crippen molar-refractivity contribution in [3.8, 4) is 0 Å². The Morgan fingerprint density at radius 1 is 1.59 bits per heavy atom. The molecule has 1 aliphatic rings. The highest BCUT2D eigenvalue weighted by molar-refractivity contribution is 7.89. The first-order valence-corrected chi connectivity index (χ1v) is 6.81. The van der Waals surface area contributed by atoms with Gasteiger partial charge in [0.2, 0.25) is 10.0 Å². The number of H-pyrrole nitrogens is 1. The van der Waals surface area contributed by atoms with Crippen molar-refractivity contribution < 1.29 is 8.42 Å². The molecule has 0 bridgehead atoms. The molecule has 3 N–H and O–H groups in total. The highest BCUT2D eigenvalue weighted by atomic mass is 35.5. The van der Waals surface area contributed by atoms with Crippen molar-refractivity contribution in [2.75, 3.05) is 13.1 Å². The largest absolute Gasteiger partial charge is 0.313 e. The van der Waals surface area contributed by atoms with Gasteiger partial charge >= 0.3 is 0 Å². The number of hydrogen-bond acceptors (Lipinski definition) is 4. The molecule has 1 aromatic rings. The molecule has 8 heteroatoms. The molecule has 0 amide bonds. The van der Waals surface area contributed by atoms with Crippen LogP contribution >= 0.6 is 12.4 Å². The van der Waals surface area contributed by atoms with Gasteiger partial charge in [0.15, 0.2) is 0 Å². The third kappa shape index (κ3) is 3.41. The molecule has 2 heterocycles. The molecule has 1 saturated heterocycles. The van der Waals surface area contributed by atoms with Gasteiger partial charge < -0.3 is 5.32 Å². The summed E-state index contributed by atoms with van der Waals surface area (Å²) in [7, 11) is -3.42. The maximum Gasteiger partial charge on any atom is 0.244 e. The van der Waals surface area contributed by atoms with Crippen molar-refractivity contribution >= 4 is 22.4 Å². The molecule has 0 radical (unpaired) electrons. The first-order valence-electron chi connectivity index (χ1n) is 5.32. The van der Waals surface area contributed by atoms with Crippen LogP contribution in [0.4, 0.5) is 0 Å². The fourth-order valence-corrected chi connectivity index (χ4v) is 3.05. The molecule has 2 rings (SSSR count). The Hall–Kier alpha value is -0.630. The Labute approximate surface area is 107 Å². The number of halogens is 1. The van der Waals surface area contributed by atoms with Crippen LogP contribution in [0.3, 0.4) is 0 Å². The van der Waals surface area contributed by atoms with E-state index in [-0.39, 0.29) is 23.3 Å². The van der Waals surface area contributed by atoms with E-state index in [4.69, 9.17) is 0 Å². The number of rotatable bonds is 4. The molecule has 1 fully saturated rings. The van der Waals surface area contributed by atoms with Crippen molar-refractivity contribution in [2.45, 2.75) is 30.7 Å². The monoisotopic (exact) mass is 280 g/mol. The number of aromatic nitrogens is 2. The van der Waals surface area contributed by atoms with Crippen LogP contribution < -0.4 is 10.0 Å². The first-order chi connectivity index (χ1) is 7.59. The zero-order valence-electron chi connectivity index (χ0n) is 9.56. The third-order valence-electron chi connectivity index (χ3n) is 2.76. The third-order valence-corrected chi connectivity index (χ3v) is 4.29. The normalized spacial score (nSPS) is 20.2. The van der Waals surface area contributed by atoms with Gasteiger partial charge in [0.05, 0.1) is 11.9 Å². The second-order valence-corrected chi connectivity index (χ2v) is 5.74. The van der Waals surface area contributed by atoms with Crippen LogP contribution in [0.1, 0.15) is 18.5 Å². The fraction of sp³-hybridized carbons (Fsp3) is 0.667. The standard InChI is InChI=1S/C9H16N4O2S.ClH/c1-7-9(6-11-13-7)16(14,15)12-5-8-3-2-4-10-8;/h6,8,10,12H,2-5H2,1H3,(H,11,13);1H. The van der Waals surface area contributed by atoms with Crippen LogP contribution in [0.5, 0.6) is 0 Å². The number of aromatic amines is 1. The number of hydrogen-bond donors (Lipinski definition) is 3. The molecule has 98 valence electrons. The maximum atomic E-state index is 11.9. The average Bonchev–Trinajstić information content (AvgIpc) is 2.85. The van der Waals surface area contributed by atoms with Crippen LogP contribution in [0, 0.1) is 6.92 Å². The van der Waals surface area contributed by atoms with Gasteiger partial charge in [-0.2, -0.15) is 5.10 Å². The summed E-state index contributed by atoms with van der Waals surface area (Å²) < 4.78 is 26.3. The Balaban J connectivity index is 0.00000144. The van der Waals surface area contributed by atoms with Crippen LogP contribution in [-0.2, 0) is 10.0 Å². The molecule has 0 aromatic carbocycles. The fourth-order valence-electron chi connectivity index (χ4n) is 1.83. The maximum absolute atomic E-state index is 11.9. The number of nitrogens with one attached hydrogen (secondary N) is 3. The number of sulfonamides is 1. The average molecular weight is 281 g/mol. The van der Waals surface area contributed by atoms with Crippen molar-refractivity contribution in [3.63, 3.8) is 0 Å². The van der Waals surface area contributed by atoms with Gasteiger partial charge in [0.25, 0.3) is 0 Å². The number of aryl methyl sites for hydroxylation is 1. The van der Waals surface area contributed by atoms with Crippen molar-refractivity contribution in [1.29, 1.82) is 0 Å². The van der Waals surface area contributed by atoms with E-state index < -0.39 is 10.0 Å². The molecule has 17 heavy (non-hydrogen) atoms. The van der Waals surface area contributed by atoms with E-state index in [1.54, 1.807) is 6.92 Å². The molecule has 1 aliphatic heterocycles. The molecule has 0 spiro atoms. The van der Waals surface area contributed by atoms with Crippen LogP contribution in [0.25, 0.3) is 0 Å². The first kappa shape index (κ1) is 14.4. The molecule has 0 aliphatic carbocycles. The molecular formula is C9H17ClN4O2S. The lowest BCUT2D eigenvalue weighted by atomic mass is 10.2. The summed E-state index contributed by atoms with van der Waals surface area (Å²) in [5.74, 6) is 0. The minimum absolute atomic E-state index is 0. The minimum Gasteiger partial charge on any atom is -0.313 e. The molecule has 1 atom stereocenters. The van der Waals surface area contributed by atoms with Crippen LogP contribution in [0.2, 0.25) is 0 Å². The summed E-state index contributed by atoms with van der Waals surface area (Å²) in [6.07, 6.45) is 3.46. The Morgan fingerprint density at radius 3 is 2.88 bits per heavy atom. The predicted molar refractivity (Wildman–Crippen MR) is 66.8 cm³/mol. The van der Waals surface area contributed by atoms with E-state index >= 15 is 0 Å². The van der Waals surface area contributed by atoms with Crippen molar-refractivity contribution in [2.24, 2.45) is 0 Å². The topological polar surface area (TPSA) is 86.9 Å². The van der Waals surface area contributed by atoms with E-state index in [2.05, 4.69) is 20.2 Å². The lowest BCUT2D eigenvalue weighted by Gasteiger charge is -2.11. The lowest BCUT2D eigenvalue weighted by Crippen LogP contribution is -2.37. The lowest BCUT2D eigenvalue weighted by molar-refractivity contribution is 0.551. The smallest absolute Gasteiger partial charge is 0.244 e. The van der Waals surface area contributed by atoms with Crippen LogP contribution in [0.15, 0.2) is 11.1 Å². The second kappa shape index (κ2) is 5.81. The molecule has 1 unspecified atom stereocenters. The highest BCUT2D eigenvalue weighted by Gasteiger charge is 2.21. The van der Waals surface area contributed by atoms with E-state index in [1.165, 1.54) is 6.20 Å². The Bertz CT molecular complexity index is 453. The van der Waals surface area contributed by atoms with E-state index in [1.807, 2.05) is 0 Å². The van der Waals surface area contributed by atoms with E-state index in [0.717, 1.165) is 19.4 Å². The summed E-state index contributed by atoms with van der Waals surface area (Å²) in [4.78, 5) is 0.227. The van der Waals surface area contributed by atoms with Gasteiger partial charge in [-0.25, -0.2) is 13.1 Å². The summed E-state index contributed by atoms with van der Waals surface area (Å²) in [5, 5.41) is 9.56. The minimum atomic E-state index is -3.42. The van der Waals surface area contributed by atoms with Gasteiger partial charge in [-0.1, -0.05) is 0 Å². The zero-order valence-corrected chi connectivity index (χ0v) is 11.2. The Kier molecular flexibility index (Phi) is 4.93. The Morgan fingerprint density at radius 2 is 2.35 bits per heavy atom. The zero-order chi connectivity index (χ0) is 11.6. The highest BCUT2D eigenvalue weighted by Crippen LogP contribution is 2.11. The summed E-state index contributed by atoms with van der Waals surface area (Å²) in [6.45, 7) is 3.10. The summed E-state index contributed by atoms with van der Waals surface area (Å²) in [6, 6.07) is 0.252. The molecule has 0 saturated carbocycles.